The molecule has 0 bridgehead atoms. The third-order valence-corrected chi connectivity index (χ3v) is 3.76. The molecule has 1 aliphatic rings. The van der Waals surface area contributed by atoms with Crippen LogP contribution >= 0.6 is 0 Å². The van der Waals surface area contributed by atoms with Gasteiger partial charge in [-0.2, -0.15) is 0 Å². The van der Waals surface area contributed by atoms with Crippen LogP contribution in [-0.2, 0) is 0 Å². The molecule has 1 amide bonds. The summed E-state index contributed by atoms with van der Waals surface area (Å²) in [4.78, 5) is 12.1. The van der Waals surface area contributed by atoms with Crippen LogP contribution in [0.3, 0.4) is 0 Å². The van der Waals surface area contributed by atoms with E-state index in [-0.39, 0.29) is 23.3 Å². The Morgan fingerprint density at radius 2 is 2.00 bits per heavy atom. The van der Waals surface area contributed by atoms with Gasteiger partial charge in [0.05, 0.1) is 0 Å². The van der Waals surface area contributed by atoms with Crippen molar-refractivity contribution in [3.05, 3.63) is 29.8 Å². The molecule has 3 nitrogen and oxygen atoms in total. The zero-order valence-electron chi connectivity index (χ0n) is 11.7. The minimum atomic E-state index is -4.76. The summed E-state index contributed by atoms with van der Waals surface area (Å²) in [5.41, 5.74) is 0.175. The highest BCUT2D eigenvalue weighted by Crippen LogP contribution is 2.25. The summed E-state index contributed by atoms with van der Waals surface area (Å²) in [7, 11) is 0. The fourth-order valence-corrected chi connectivity index (χ4v) is 2.62. The van der Waals surface area contributed by atoms with Crippen LogP contribution in [0, 0.1) is 5.92 Å². The van der Waals surface area contributed by atoms with Gasteiger partial charge in [0.2, 0.25) is 0 Å². The average Bonchev–Trinajstić information content (AvgIpc) is 2.39. The molecule has 2 atom stereocenters. The smallest absolute Gasteiger partial charge is 0.406 e. The zero-order valence-corrected chi connectivity index (χ0v) is 11.7. The number of carbonyl (C=O) groups is 1. The van der Waals surface area contributed by atoms with Gasteiger partial charge in [-0.3, -0.25) is 4.79 Å². The normalized spacial score (nSPS) is 22.7. The highest BCUT2D eigenvalue weighted by atomic mass is 19.4. The van der Waals surface area contributed by atoms with Crippen molar-refractivity contribution < 1.29 is 22.7 Å². The number of benzene rings is 1. The third kappa shape index (κ3) is 4.65. The maximum absolute atomic E-state index is 12.2. The first-order chi connectivity index (χ1) is 9.85. The molecular weight excluding hydrogens is 283 g/mol. The van der Waals surface area contributed by atoms with Crippen molar-refractivity contribution in [1.29, 1.82) is 0 Å². The Morgan fingerprint density at radius 3 is 2.67 bits per heavy atom. The van der Waals surface area contributed by atoms with Crippen molar-refractivity contribution in [2.45, 2.75) is 45.0 Å². The van der Waals surface area contributed by atoms with E-state index in [2.05, 4.69) is 17.0 Å². The summed E-state index contributed by atoms with van der Waals surface area (Å²) in [5, 5.41) is 2.90. The second kappa shape index (κ2) is 6.37. The van der Waals surface area contributed by atoms with E-state index in [9.17, 15) is 18.0 Å². The lowest BCUT2D eigenvalue weighted by molar-refractivity contribution is -0.274. The Kier molecular flexibility index (Phi) is 4.75. The molecule has 1 aromatic rings. The summed E-state index contributed by atoms with van der Waals surface area (Å²) in [6.07, 6.45) is -0.574. The topological polar surface area (TPSA) is 38.3 Å². The number of ether oxygens (including phenoxy) is 1. The minimum Gasteiger partial charge on any atom is -0.406 e. The van der Waals surface area contributed by atoms with Gasteiger partial charge >= 0.3 is 6.36 Å². The molecule has 0 radical (unpaired) electrons. The highest BCUT2D eigenvalue weighted by Gasteiger charge is 2.31. The molecule has 0 spiro atoms. The zero-order chi connectivity index (χ0) is 15.5. The number of rotatable bonds is 3. The SMILES string of the molecule is CC1CCCCC1NC(=O)c1cccc(OC(F)(F)F)c1. The molecule has 0 aliphatic heterocycles. The lowest BCUT2D eigenvalue weighted by Gasteiger charge is -2.29. The number of amides is 1. The third-order valence-electron chi connectivity index (χ3n) is 3.76. The first kappa shape index (κ1) is 15.7. The maximum Gasteiger partial charge on any atom is 0.573 e. The van der Waals surface area contributed by atoms with E-state index in [0.717, 1.165) is 31.7 Å². The Bertz CT molecular complexity index is 502. The number of nitrogens with one attached hydrogen (secondary N) is 1. The van der Waals surface area contributed by atoms with Crippen LogP contribution in [0.15, 0.2) is 24.3 Å². The van der Waals surface area contributed by atoms with Crippen molar-refractivity contribution >= 4 is 5.91 Å². The van der Waals surface area contributed by atoms with Gasteiger partial charge in [-0.05, 0) is 37.0 Å². The fraction of sp³-hybridized carbons (Fsp3) is 0.533. The Labute approximate surface area is 121 Å². The number of carbonyl (C=O) groups excluding carboxylic acids is 1. The monoisotopic (exact) mass is 301 g/mol. The second-order valence-electron chi connectivity index (χ2n) is 5.42. The first-order valence-electron chi connectivity index (χ1n) is 7.02. The molecule has 116 valence electrons. The molecular formula is C15H18F3NO2. The predicted molar refractivity (Wildman–Crippen MR) is 72.0 cm³/mol. The fourth-order valence-electron chi connectivity index (χ4n) is 2.62. The minimum absolute atomic E-state index is 0.0819. The van der Waals surface area contributed by atoms with Gasteiger partial charge in [0.25, 0.3) is 5.91 Å². The lowest BCUT2D eigenvalue weighted by atomic mass is 9.86. The Balaban J connectivity index is 2.03. The predicted octanol–water partition coefficient (Wildman–Crippen LogP) is 3.89. The van der Waals surface area contributed by atoms with Gasteiger partial charge in [0.15, 0.2) is 0 Å². The Hall–Kier alpha value is -1.72. The number of hydrogen-bond acceptors (Lipinski definition) is 2. The van der Waals surface area contributed by atoms with E-state index < -0.39 is 6.36 Å². The Morgan fingerprint density at radius 1 is 1.29 bits per heavy atom. The molecule has 0 saturated heterocycles. The summed E-state index contributed by atoms with van der Waals surface area (Å²) in [6, 6.07) is 5.22. The van der Waals surface area contributed by atoms with E-state index in [1.54, 1.807) is 0 Å². The molecule has 1 aromatic carbocycles. The van der Waals surface area contributed by atoms with E-state index in [4.69, 9.17) is 0 Å². The van der Waals surface area contributed by atoms with Gasteiger partial charge in [0.1, 0.15) is 5.75 Å². The van der Waals surface area contributed by atoms with Gasteiger partial charge in [0, 0.05) is 11.6 Å². The summed E-state index contributed by atoms with van der Waals surface area (Å²) >= 11 is 0. The van der Waals surface area contributed by atoms with Crippen molar-refractivity contribution in [2.75, 3.05) is 0 Å². The molecule has 0 aromatic heterocycles. The molecule has 6 heteroatoms. The van der Waals surface area contributed by atoms with Crippen LogP contribution in [0.4, 0.5) is 13.2 Å². The summed E-state index contributed by atoms with van der Waals surface area (Å²) in [6.45, 7) is 2.08. The molecule has 0 heterocycles. The van der Waals surface area contributed by atoms with E-state index >= 15 is 0 Å². The standard InChI is InChI=1S/C15H18F3NO2/c1-10-5-2-3-8-13(10)19-14(20)11-6-4-7-12(9-11)21-15(16,17)18/h4,6-7,9-10,13H,2-3,5,8H2,1H3,(H,19,20). The van der Waals surface area contributed by atoms with Crippen LogP contribution < -0.4 is 10.1 Å². The van der Waals surface area contributed by atoms with Crippen LogP contribution in [0.1, 0.15) is 43.0 Å². The first-order valence-corrected chi connectivity index (χ1v) is 7.02. The lowest BCUT2D eigenvalue weighted by Crippen LogP contribution is -2.41. The van der Waals surface area contributed by atoms with E-state index in [0.29, 0.717) is 5.92 Å². The van der Waals surface area contributed by atoms with Crippen molar-refractivity contribution in [3.63, 3.8) is 0 Å². The van der Waals surface area contributed by atoms with Crippen LogP contribution in [0.2, 0.25) is 0 Å². The van der Waals surface area contributed by atoms with Crippen molar-refractivity contribution in [2.24, 2.45) is 5.92 Å². The summed E-state index contributed by atoms with van der Waals surface area (Å²) < 4.78 is 40.3. The molecule has 2 rings (SSSR count). The van der Waals surface area contributed by atoms with Gasteiger partial charge in [-0.25, -0.2) is 0 Å². The average molecular weight is 301 g/mol. The molecule has 1 fully saturated rings. The largest absolute Gasteiger partial charge is 0.573 e. The number of hydrogen-bond donors (Lipinski definition) is 1. The molecule has 1 saturated carbocycles. The number of alkyl halides is 3. The van der Waals surface area contributed by atoms with Gasteiger partial charge in [-0.1, -0.05) is 25.8 Å². The van der Waals surface area contributed by atoms with Crippen LogP contribution in [0.5, 0.6) is 5.75 Å². The molecule has 1 N–H and O–H groups in total. The van der Waals surface area contributed by atoms with Crippen molar-refractivity contribution in [3.8, 4) is 5.75 Å². The number of halogens is 3. The summed E-state index contributed by atoms with van der Waals surface area (Å²) in [5.74, 6) is -0.356. The maximum atomic E-state index is 12.2. The van der Waals surface area contributed by atoms with E-state index in [1.807, 2.05) is 0 Å². The second-order valence-corrected chi connectivity index (χ2v) is 5.42. The highest BCUT2D eigenvalue weighted by molar-refractivity contribution is 5.94. The molecule has 1 aliphatic carbocycles. The van der Waals surface area contributed by atoms with E-state index in [1.165, 1.54) is 18.2 Å². The molecule has 2 unspecified atom stereocenters. The van der Waals surface area contributed by atoms with Crippen LogP contribution in [0.25, 0.3) is 0 Å². The quantitative estimate of drug-likeness (QED) is 0.919. The van der Waals surface area contributed by atoms with Gasteiger partial charge < -0.3 is 10.1 Å². The van der Waals surface area contributed by atoms with Gasteiger partial charge in [-0.15, -0.1) is 13.2 Å². The van der Waals surface area contributed by atoms with Crippen LogP contribution in [-0.4, -0.2) is 18.3 Å². The van der Waals surface area contributed by atoms with Crippen molar-refractivity contribution in [1.82, 2.24) is 5.32 Å². The molecule has 21 heavy (non-hydrogen) atoms.